The molecule has 0 unspecified atom stereocenters. The van der Waals surface area contributed by atoms with Gasteiger partial charge in [-0.05, 0) is 48.5 Å². The van der Waals surface area contributed by atoms with Crippen LogP contribution in [0.4, 0.5) is 0 Å². The smallest absolute Gasteiger partial charge is 0.343 e. The maximum Gasteiger partial charge on any atom is 0.343 e. The molecule has 9 nitrogen and oxygen atoms in total. The minimum Gasteiger partial charge on any atom is -0.493 e. The molecule has 0 spiro atoms. The largest absolute Gasteiger partial charge is 0.493 e. The molecule has 0 aliphatic rings. The molecule has 0 aliphatic heterocycles. The van der Waals surface area contributed by atoms with Crippen LogP contribution in [0.5, 0.6) is 17.2 Å². The van der Waals surface area contributed by atoms with Gasteiger partial charge in [0.05, 0.1) is 32.5 Å². The van der Waals surface area contributed by atoms with Crippen LogP contribution in [0.15, 0.2) is 76.3 Å². The van der Waals surface area contributed by atoms with Gasteiger partial charge in [-0.3, -0.25) is 9.59 Å². The maximum atomic E-state index is 12.4. The Kier molecular flexibility index (Phi) is 8.96. The van der Waals surface area contributed by atoms with Crippen molar-refractivity contribution in [2.75, 3.05) is 20.8 Å². The normalized spacial score (nSPS) is 10.5. The van der Waals surface area contributed by atoms with Crippen molar-refractivity contribution < 1.29 is 28.6 Å². The number of hydrogen-bond donors (Lipinski definition) is 2. The van der Waals surface area contributed by atoms with Gasteiger partial charge in [-0.15, -0.1) is 0 Å². The number of halogens is 1. The van der Waals surface area contributed by atoms with Crippen LogP contribution in [-0.4, -0.2) is 44.8 Å². The fourth-order valence-electron chi connectivity index (χ4n) is 2.90. The van der Waals surface area contributed by atoms with Crippen LogP contribution >= 0.6 is 15.9 Å². The van der Waals surface area contributed by atoms with E-state index in [2.05, 4.69) is 31.8 Å². The van der Waals surface area contributed by atoms with Crippen molar-refractivity contribution >= 4 is 39.9 Å². The van der Waals surface area contributed by atoms with Crippen molar-refractivity contribution in [3.8, 4) is 17.2 Å². The summed E-state index contributed by atoms with van der Waals surface area (Å²) in [5.41, 5.74) is 3.49. The number of carbonyl (C=O) groups is 3. The SMILES string of the molecule is COc1ccc(C(=O)NCC(=O)N/N=C/c2cc(Br)ccc2OC(=O)c2ccccc2)cc1OC. The Morgan fingerprint density at radius 3 is 2.31 bits per heavy atom. The number of amides is 2. The van der Waals surface area contributed by atoms with Crippen LogP contribution in [0, 0.1) is 0 Å². The van der Waals surface area contributed by atoms with E-state index in [1.54, 1.807) is 60.7 Å². The molecule has 3 rings (SSSR count). The molecule has 0 heterocycles. The lowest BCUT2D eigenvalue weighted by atomic mass is 10.2. The summed E-state index contributed by atoms with van der Waals surface area (Å²) in [5.74, 6) is -0.393. The molecule has 0 aliphatic carbocycles. The Morgan fingerprint density at radius 2 is 1.60 bits per heavy atom. The first-order valence-electron chi connectivity index (χ1n) is 10.3. The topological polar surface area (TPSA) is 115 Å². The quantitative estimate of drug-likeness (QED) is 0.186. The molecule has 2 amide bonds. The van der Waals surface area contributed by atoms with Crippen LogP contribution in [0.2, 0.25) is 0 Å². The van der Waals surface area contributed by atoms with E-state index < -0.39 is 17.8 Å². The van der Waals surface area contributed by atoms with Crippen LogP contribution < -0.4 is 25.0 Å². The molecule has 0 bridgehead atoms. The first-order chi connectivity index (χ1) is 16.9. The molecule has 2 N–H and O–H groups in total. The first kappa shape index (κ1) is 25.4. The average molecular weight is 540 g/mol. The molecule has 3 aromatic carbocycles. The van der Waals surface area contributed by atoms with Gasteiger partial charge in [0.2, 0.25) is 0 Å². The van der Waals surface area contributed by atoms with Gasteiger partial charge >= 0.3 is 5.97 Å². The Bertz CT molecular complexity index is 1250. The fraction of sp³-hybridized carbons (Fsp3) is 0.120. The lowest BCUT2D eigenvalue weighted by molar-refractivity contribution is -0.120. The minimum absolute atomic E-state index is 0.266. The highest BCUT2D eigenvalue weighted by Crippen LogP contribution is 2.27. The van der Waals surface area contributed by atoms with Crippen LogP contribution in [-0.2, 0) is 4.79 Å². The second-order valence-electron chi connectivity index (χ2n) is 6.98. The maximum absolute atomic E-state index is 12.4. The van der Waals surface area contributed by atoms with E-state index >= 15 is 0 Å². The highest BCUT2D eigenvalue weighted by atomic mass is 79.9. The third kappa shape index (κ3) is 7.15. The van der Waals surface area contributed by atoms with Crippen LogP contribution in [0.25, 0.3) is 0 Å². The van der Waals surface area contributed by atoms with E-state index in [0.717, 1.165) is 4.47 Å². The Balaban J connectivity index is 1.58. The lowest BCUT2D eigenvalue weighted by Gasteiger charge is -2.10. The zero-order chi connectivity index (χ0) is 25.2. The summed E-state index contributed by atoms with van der Waals surface area (Å²) in [7, 11) is 2.96. The van der Waals surface area contributed by atoms with E-state index in [-0.39, 0.29) is 12.3 Å². The average Bonchev–Trinajstić information content (AvgIpc) is 2.88. The Morgan fingerprint density at radius 1 is 0.886 bits per heavy atom. The number of benzene rings is 3. The van der Waals surface area contributed by atoms with Gasteiger partial charge in [0.15, 0.2) is 11.5 Å². The van der Waals surface area contributed by atoms with Crippen molar-refractivity contribution in [1.82, 2.24) is 10.7 Å². The summed E-state index contributed by atoms with van der Waals surface area (Å²) in [6.45, 7) is -0.307. The van der Waals surface area contributed by atoms with Gasteiger partial charge in [0.1, 0.15) is 5.75 Å². The highest BCUT2D eigenvalue weighted by Gasteiger charge is 2.13. The minimum atomic E-state index is -0.548. The monoisotopic (exact) mass is 539 g/mol. The summed E-state index contributed by atoms with van der Waals surface area (Å²) in [4.78, 5) is 36.8. The van der Waals surface area contributed by atoms with E-state index in [0.29, 0.717) is 28.2 Å². The van der Waals surface area contributed by atoms with Crippen molar-refractivity contribution in [3.05, 3.63) is 87.9 Å². The number of ether oxygens (including phenoxy) is 3. The van der Waals surface area contributed by atoms with Crippen molar-refractivity contribution in [3.63, 3.8) is 0 Å². The molecule has 0 radical (unpaired) electrons. The Hall–Kier alpha value is -4.18. The molecule has 0 saturated heterocycles. The van der Waals surface area contributed by atoms with Crippen molar-refractivity contribution in [2.24, 2.45) is 5.10 Å². The number of nitrogens with one attached hydrogen (secondary N) is 2. The van der Waals surface area contributed by atoms with E-state index in [9.17, 15) is 14.4 Å². The third-order valence-corrected chi connectivity index (χ3v) is 5.13. The van der Waals surface area contributed by atoms with Gasteiger partial charge in [-0.25, -0.2) is 10.2 Å². The molecule has 0 atom stereocenters. The first-order valence-corrected chi connectivity index (χ1v) is 11.1. The molecule has 180 valence electrons. The molecule has 0 aromatic heterocycles. The lowest BCUT2D eigenvalue weighted by Crippen LogP contribution is -2.34. The number of carbonyl (C=O) groups excluding carboxylic acids is 3. The number of nitrogens with zero attached hydrogens (tertiary/aromatic N) is 1. The summed E-state index contributed by atoms with van der Waals surface area (Å²) < 4.78 is 16.5. The van der Waals surface area contributed by atoms with Crippen LogP contribution in [0.1, 0.15) is 26.3 Å². The summed E-state index contributed by atoms with van der Waals surface area (Å²) in [5, 5.41) is 6.40. The number of rotatable bonds is 9. The Labute approximate surface area is 210 Å². The molecular weight excluding hydrogens is 518 g/mol. The number of methoxy groups -OCH3 is 2. The predicted octanol–water partition coefficient (Wildman–Crippen LogP) is 3.57. The van der Waals surface area contributed by atoms with Gasteiger partial charge in [0.25, 0.3) is 11.8 Å². The second kappa shape index (κ2) is 12.3. The second-order valence-corrected chi connectivity index (χ2v) is 7.90. The van der Waals surface area contributed by atoms with E-state index in [4.69, 9.17) is 14.2 Å². The number of hydrogen-bond acceptors (Lipinski definition) is 7. The zero-order valence-electron chi connectivity index (χ0n) is 18.9. The van der Waals surface area contributed by atoms with Gasteiger partial charge in [0, 0.05) is 15.6 Å². The summed E-state index contributed by atoms with van der Waals surface area (Å²) in [6, 6.07) is 18.2. The molecule has 0 fully saturated rings. The van der Waals surface area contributed by atoms with E-state index in [1.165, 1.54) is 26.5 Å². The number of esters is 1. The number of hydrazone groups is 1. The van der Waals surface area contributed by atoms with Gasteiger partial charge in [-0.2, -0.15) is 5.10 Å². The van der Waals surface area contributed by atoms with Gasteiger partial charge in [-0.1, -0.05) is 34.1 Å². The zero-order valence-corrected chi connectivity index (χ0v) is 20.5. The predicted molar refractivity (Wildman–Crippen MR) is 133 cm³/mol. The molecule has 35 heavy (non-hydrogen) atoms. The third-order valence-electron chi connectivity index (χ3n) is 4.63. The van der Waals surface area contributed by atoms with Crippen molar-refractivity contribution in [1.29, 1.82) is 0 Å². The molecule has 10 heteroatoms. The standard InChI is InChI=1S/C25H22BrN3O6/c1-33-21-10-8-17(13-22(21)34-2)24(31)27-15-23(30)29-28-14-18-12-19(26)9-11-20(18)35-25(32)16-6-4-3-5-7-16/h3-14H,15H2,1-2H3,(H,27,31)(H,29,30)/b28-14+. The fourth-order valence-corrected chi connectivity index (χ4v) is 3.28. The summed E-state index contributed by atoms with van der Waals surface area (Å²) >= 11 is 3.36. The highest BCUT2D eigenvalue weighted by molar-refractivity contribution is 9.10. The van der Waals surface area contributed by atoms with E-state index in [1.807, 2.05) is 0 Å². The summed E-state index contributed by atoms with van der Waals surface area (Å²) in [6.07, 6.45) is 1.34. The van der Waals surface area contributed by atoms with Gasteiger partial charge < -0.3 is 19.5 Å². The van der Waals surface area contributed by atoms with Crippen molar-refractivity contribution in [2.45, 2.75) is 0 Å². The molecular formula is C25H22BrN3O6. The van der Waals surface area contributed by atoms with Crippen LogP contribution in [0.3, 0.4) is 0 Å². The molecule has 0 saturated carbocycles. The molecule has 3 aromatic rings.